The summed E-state index contributed by atoms with van der Waals surface area (Å²) in [4.78, 5) is 31.7. The van der Waals surface area contributed by atoms with Crippen molar-refractivity contribution in [3.63, 3.8) is 0 Å². The van der Waals surface area contributed by atoms with Crippen molar-refractivity contribution in [3.05, 3.63) is 65.2 Å². The summed E-state index contributed by atoms with van der Waals surface area (Å²) in [6.45, 7) is 7.77. The Kier molecular flexibility index (Phi) is 6.85. The van der Waals surface area contributed by atoms with Crippen LogP contribution in [-0.4, -0.2) is 42.2 Å². The molecule has 2 amide bonds. The average Bonchev–Trinajstić information content (AvgIpc) is 2.79. The van der Waals surface area contributed by atoms with Crippen LogP contribution >= 0.6 is 0 Å². The number of hydrogen-bond donors (Lipinski definition) is 2. The Hall–Kier alpha value is -3.19. The van der Waals surface area contributed by atoms with Crippen LogP contribution in [0, 0.1) is 12.8 Å². The van der Waals surface area contributed by atoms with E-state index >= 15 is 0 Å². The number of hydrogen-bond acceptors (Lipinski definition) is 5. The van der Waals surface area contributed by atoms with E-state index in [0.29, 0.717) is 12.2 Å². The van der Waals surface area contributed by atoms with Crippen molar-refractivity contribution >= 4 is 23.3 Å². The number of nitrogens with one attached hydrogen (secondary N) is 2. The van der Waals surface area contributed by atoms with Gasteiger partial charge in [0, 0.05) is 19.6 Å². The fourth-order valence-corrected chi connectivity index (χ4v) is 4.26. The number of amides is 2. The Morgan fingerprint density at radius 3 is 2.66 bits per heavy atom. The Bertz CT molecular complexity index is 1000. The van der Waals surface area contributed by atoms with E-state index in [1.807, 2.05) is 43.3 Å². The first-order chi connectivity index (χ1) is 15.5. The summed E-state index contributed by atoms with van der Waals surface area (Å²) in [5.74, 6) is 0.347. The maximum Gasteiger partial charge on any atom is 0.288 e. The molecule has 2 aromatic carbocycles. The van der Waals surface area contributed by atoms with Crippen LogP contribution in [0.15, 0.2) is 53.5 Å². The molecule has 32 heavy (non-hydrogen) atoms. The lowest BCUT2D eigenvalue weighted by Gasteiger charge is -2.31. The highest BCUT2D eigenvalue weighted by molar-refractivity contribution is 6.39. The second-order valence-corrected chi connectivity index (χ2v) is 8.78. The SMILES string of the molecule is Cc1ccc(N2NC(C(=O)NCc3ccccc3CN3CCCC(C)C3)=NCC2=O)cc1. The van der Waals surface area contributed by atoms with Gasteiger partial charge in [0.2, 0.25) is 5.84 Å². The summed E-state index contributed by atoms with van der Waals surface area (Å²) in [5.41, 5.74) is 6.99. The van der Waals surface area contributed by atoms with Gasteiger partial charge < -0.3 is 5.32 Å². The van der Waals surface area contributed by atoms with Gasteiger partial charge in [0.05, 0.1) is 5.69 Å². The summed E-state index contributed by atoms with van der Waals surface area (Å²) >= 11 is 0. The van der Waals surface area contributed by atoms with Gasteiger partial charge in [-0.2, -0.15) is 0 Å². The maximum absolute atomic E-state index is 12.8. The van der Waals surface area contributed by atoms with Gasteiger partial charge in [0.25, 0.3) is 11.8 Å². The first-order valence-corrected chi connectivity index (χ1v) is 11.3. The fourth-order valence-electron chi connectivity index (χ4n) is 4.26. The van der Waals surface area contributed by atoms with Crippen LogP contribution in [0.3, 0.4) is 0 Å². The first kappa shape index (κ1) is 22.0. The van der Waals surface area contributed by atoms with Crippen LogP contribution in [0.2, 0.25) is 0 Å². The zero-order valence-electron chi connectivity index (χ0n) is 18.8. The van der Waals surface area contributed by atoms with Crippen molar-refractivity contribution in [3.8, 4) is 0 Å². The Morgan fingerprint density at radius 2 is 1.91 bits per heavy atom. The number of aliphatic imine (C=N–C) groups is 1. The van der Waals surface area contributed by atoms with E-state index in [1.165, 1.54) is 23.4 Å². The van der Waals surface area contributed by atoms with Crippen molar-refractivity contribution < 1.29 is 9.59 Å². The van der Waals surface area contributed by atoms with E-state index in [9.17, 15) is 9.59 Å². The standard InChI is InChI=1S/C25H31N5O2/c1-18-9-11-22(12-10-18)30-23(31)15-26-24(28-30)25(32)27-14-20-7-3-4-8-21(20)17-29-13-5-6-19(2)16-29/h3-4,7-12,19H,5-6,13-17H2,1-2H3,(H,26,28)(H,27,32). The average molecular weight is 434 g/mol. The van der Waals surface area contributed by atoms with Crippen LogP contribution in [0.4, 0.5) is 5.69 Å². The summed E-state index contributed by atoms with van der Waals surface area (Å²) in [7, 11) is 0. The van der Waals surface area contributed by atoms with Gasteiger partial charge in [-0.15, -0.1) is 0 Å². The van der Waals surface area contributed by atoms with Gasteiger partial charge >= 0.3 is 0 Å². The zero-order chi connectivity index (χ0) is 22.5. The Balaban J connectivity index is 1.38. The minimum absolute atomic E-state index is 0.0621. The van der Waals surface area contributed by atoms with Crippen LogP contribution in [0.1, 0.15) is 36.5 Å². The minimum atomic E-state index is -0.323. The molecule has 0 aliphatic carbocycles. The fraction of sp³-hybridized carbons (Fsp3) is 0.400. The normalized spacial score (nSPS) is 19.3. The third-order valence-electron chi connectivity index (χ3n) is 6.04. The monoisotopic (exact) mass is 433 g/mol. The largest absolute Gasteiger partial charge is 0.345 e. The predicted octanol–water partition coefficient (Wildman–Crippen LogP) is 2.79. The lowest BCUT2D eigenvalue weighted by molar-refractivity contribution is -0.118. The number of piperidine rings is 1. The van der Waals surface area contributed by atoms with Gasteiger partial charge in [-0.1, -0.05) is 48.9 Å². The molecule has 7 nitrogen and oxygen atoms in total. The maximum atomic E-state index is 12.8. The molecule has 1 atom stereocenters. The Labute approximate surface area is 189 Å². The topological polar surface area (TPSA) is 77.0 Å². The van der Waals surface area contributed by atoms with E-state index in [4.69, 9.17) is 0 Å². The van der Waals surface area contributed by atoms with Crippen LogP contribution in [0.5, 0.6) is 0 Å². The molecule has 2 aliphatic rings. The third kappa shape index (κ3) is 5.34. The molecule has 2 aromatic rings. The number of anilines is 1. The second-order valence-electron chi connectivity index (χ2n) is 8.78. The molecule has 4 rings (SSSR count). The first-order valence-electron chi connectivity index (χ1n) is 11.3. The van der Waals surface area contributed by atoms with Crippen LogP contribution < -0.4 is 15.8 Å². The molecule has 2 aliphatic heterocycles. The number of nitrogens with zero attached hydrogens (tertiary/aromatic N) is 3. The van der Waals surface area contributed by atoms with Gasteiger partial charge in [-0.25, -0.2) is 5.01 Å². The molecule has 168 valence electrons. The number of likely N-dealkylation sites (tertiary alicyclic amines) is 1. The van der Waals surface area contributed by atoms with Crippen molar-refractivity contribution in [2.24, 2.45) is 10.9 Å². The quantitative estimate of drug-likeness (QED) is 0.735. The highest BCUT2D eigenvalue weighted by Gasteiger charge is 2.25. The highest BCUT2D eigenvalue weighted by atomic mass is 16.2. The summed E-state index contributed by atoms with van der Waals surface area (Å²) in [6.07, 6.45) is 2.53. The van der Waals surface area contributed by atoms with E-state index in [2.05, 4.69) is 39.7 Å². The molecule has 7 heteroatoms. The zero-order valence-corrected chi connectivity index (χ0v) is 18.8. The summed E-state index contributed by atoms with van der Waals surface area (Å²) in [5, 5.41) is 4.34. The summed E-state index contributed by atoms with van der Waals surface area (Å²) < 4.78 is 0. The molecule has 1 saturated heterocycles. The van der Waals surface area contributed by atoms with Gasteiger partial charge in [0.15, 0.2) is 0 Å². The predicted molar refractivity (Wildman–Crippen MR) is 126 cm³/mol. The van der Waals surface area contributed by atoms with Crippen molar-refractivity contribution in [1.29, 1.82) is 0 Å². The number of benzene rings is 2. The number of rotatable bonds is 6. The second kappa shape index (κ2) is 9.96. The Morgan fingerprint density at radius 1 is 1.16 bits per heavy atom. The highest BCUT2D eigenvalue weighted by Crippen LogP contribution is 2.20. The number of carbonyl (C=O) groups is 2. The molecule has 1 fully saturated rings. The minimum Gasteiger partial charge on any atom is -0.345 e. The number of hydrazine groups is 1. The van der Waals surface area contributed by atoms with Crippen LogP contribution in [0.25, 0.3) is 0 Å². The molecule has 0 saturated carbocycles. The third-order valence-corrected chi connectivity index (χ3v) is 6.04. The van der Waals surface area contributed by atoms with E-state index in [0.717, 1.165) is 36.7 Å². The van der Waals surface area contributed by atoms with Crippen molar-refractivity contribution in [2.75, 3.05) is 24.6 Å². The lowest BCUT2D eigenvalue weighted by atomic mass is 9.99. The molecule has 0 aromatic heterocycles. The number of aryl methyl sites for hydroxylation is 1. The number of carbonyl (C=O) groups excluding carboxylic acids is 2. The smallest absolute Gasteiger partial charge is 0.288 e. The molecule has 1 unspecified atom stereocenters. The molecular formula is C25H31N5O2. The molecule has 2 heterocycles. The molecule has 0 bridgehead atoms. The molecule has 0 radical (unpaired) electrons. The van der Waals surface area contributed by atoms with Crippen molar-refractivity contribution in [1.82, 2.24) is 15.6 Å². The number of amidine groups is 1. The van der Waals surface area contributed by atoms with Crippen molar-refractivity contribution in [2.45, 2.75) is 39.8 Å². The lowest BCUT2D eigenvalue weighted by Crippen LogP contribution is -2.55. The van der Waals surface area contributed by atoms with Gasteiger partial charge in [-0.05, 0) is 55.5 Å². The van der Waals surface area contributed by atoms with Gasteiger partial charge in [-0.3, -0.25) is 24.9 Å². The van der Waals surface area contributed by atoms with E-state index in [1.54, 1.807) is 0 Å². The van der Waals surface area contributed by atoms with Crippen LogP contribution in [-0.2, 0) is 22.7 Å². The molecule has 0 spiro atoms. The van der Waals surface area contributed by atoms with E-state index in [-0.39, 0.29) is 24.2 Å². The molecular weight excluding hydrogens is 402 g/mol. The summed E-state index contributed by atoms with van der Waals surface area (Å²) in [6, 6.07) is 15.8. The van der Waals surface area contributed by atoms with E-state index < -0.39 is 0 Å². The van der Waals surface area contributed by atoms with Gasteiger partial charge in [0.1, 0.15) is 6.54 Å². The molecule has 2 N–H and O–H groups in total.